The first-order valence-corrected chi connectivity index (χ1v) is 7.16. The molecule has 2 aliphatic rings. The Labute approximate surface area is 99.9 Å². The van der Waals surface area contributed by atoms with Gasteiger partial charge >= 0.3 is 0 Å². The SMILES string of the molecule is CCCC(CN)CC1CCC2(CCCC2)O1. The van der Waals surface area contributed by atoms with Gasteiger partial charge < -0.3 is 10.5 Å². The molecular weight excluding hydrogens is 198 g/mol. The second kappa shape index (κ2) is 5.50. The molecule has 0 amide bonds. The average molecular weight is 225 g/mol. The molecule has 1 heterocycles. The summed E-state index contributed by atoms with van der Waals surface area (Å²) in [4.78, 5) is 0. The van der Waals surface area contributed by atoms with Crippen molar-refractivity contribution < 1.29 is 4.74 Å². The number of rotatable bonds is 5. The quantitative estimate of drug-likeness (QED) is 0.779. The van der Waals surface area contributed by atoms with Gasteiger partial charge in [0.25, 0.3) is 0 Å². The zero-order valence-electron chi connectivity index (χ0n) is 10.7. The van der Waals surface area contributed by atoms with Crippen molar-refractivity contribution in [3.8, 4) is 0 Å². The number of ether oxygens (including phenoxy) is 1. The highest BCUT2D eigenvalue weighted by Gasteiger charge is 2.42. The van der Waals surface area contributed by atoms with Gasteiger partial charge in [0.1, 0.15) is 0 Å². The Kier molecular flexibility index (Phi) is 4.26. The minimum absolute atomic E-state index is 0.302. The molecule has 2 N–H and O–H groups in total. The van der Waals surface area contributed by atoms with E-state index in [0.29, 0.717) is 17.6 Å². The summed E-state index contributed by atoms with van der Waals surface area (Å²) in [6, 6.07) is 0. The third kappa shape index (κ3) is 2.78. The first kappa shape index (κ1) is 12.4. The summed E-state index contributed by atoms with van der Waals surface area (Å²) >= 11 is 0. The summed E-state index contributed by atoms with van der Waals surface area (Å²) in [6.07, 6.45) is 12.2. The van der Waals surface area contributed by atoms with Gasteiger partial charge in [0.2, 0.25) is 0 Å². The molecule has 2 fully saturated rings. The minimum Gasteiger partial charge on any atom is -0.372 e. The van der Waals surface area contributed by atoms with E-state index < -0.39 is 0 Å². The predicted octanol–water partition coefficient (Wildman–Crippen LogP) is 3.24. The van der Waals surface area contributed by atoms with Gasteiger partial charge in [-0.3, -0.25) is 0 Å². The number of hydrogen-bond acceptors (Lipinski definition) is 2. The fourth-order valence-corrected chi connectivity index (χ4v) is 3.56. The van der Waals surface area contributed by atoms with Crippen LogP contribution in [0.2, 0.25) is 0 Å². The normalized spacial score (nSPS) is 30.0. The highest BCUT2D eigenvalue weighted by Crippen LogP contribution is 2.44. The van der Waals surface area contributed by atoms with Gasteiger partial charge in [0.15, 0.2) is 0 Å². The maximum atomic E-state index is 6.33. The standard InChI is InChI=1S/C14H27NO/c1-2-5-12(11-15)10-13-6-9-14(16-13)7-3-4-8-14/h12-13H,2-11,15H2,1H3. The van der Waals surface area contributed by atoms with E-state index in [9.17, 15) is 0 Å². The van der Waals surface area contributed by atoms with Crippen molar-refractivity contribution in [2.45, 2.75) is 76.4 Å². The van der Waals surface area contributed by atoms with Crippen molar-refractivity contribution in [2.24, 2.45) is 11.7 Å². The minimum atomic E-state index is 0.302. The van der Waals surface area contributed by atoms with Crippen LogP contribution in [0.15, 0.2) is 0 Å². The van der Waals surface area contributed by atoms with Crippen LogP contribution in [0.1, 0.15) is 64.7 Å². The van der Waals surface area contributed by atoms with E-state index in [1.165, 1.54) is 57.8 Å². The van der Waals surface area contributed by atoms with Crippen LogP contribution < -0.4 is 5.73 Å². The van der Waals surface area contributed by atoms with Crippen LogP contribution >= 0.6 is 0 Å². The van der Waals surface area contributed by atoms with E-state index >= 15 is 0 Å². The van der Waals surface area contributed by atoms with E-state index in [1.54, 1.807) is 0 Å². The molecule has 1 aliphatic heterocycles. The topological polar surface area (TPSA) is 35.2 Å². The van der Waals surface area contributed by atoms with Crippen molar-refractivity contribution in [3.63, 3.8) is 0 Å². The second-order valence-corrected chi connectivity index (χ2v) is 5.79. The lowest BCUT2D eigenvalue weighted by Gasteiger charge is -2.25. The van der Waals surface area contributed by atoms with Crippen molar-refractivity contribution in [3.05, 3.63) is 0 Å². The summed E-state index contributed by atoms with van der Waals surface area (Å²) in [7, 11) is 0. The Morgan fingerprint density at radius 3 is 2.69 bits per heavy atom. The fraction of sp³-hybridized carbons (Fsp3) is 1.00. The molecule has 2 unspecified atom stereocenters. The van der Waals surface area contributed by atoms with Crippen LogP contribution in [-0.2, 0) is 4.74 Å². The molecule has 2 heteroatoms. The summed E-state index contributed by atoms with van der Waals surface area (Å²) in [5.74, 6) is 0.687. The van der Waals surface area contributed by atoms with Crippen LogP contribution in [0, 0.1) is 5.92 Å². The fourth-order valence-electron chi connectivity index (χ4n) is 3.56. The van der Waals surface area contributed by atoms with Crippen molar-refractivity contribution in [1.82, 2.24) is 0 Å². The van der Waals surface area contributed by atoms with E-state index in [4.69, 9.17) is 10.5 Å². The largest absolute Gasteiger partial charge is 0.372 e. The van der Waals surface area contributed by atoms with Crippen LogP contribution in [0.25, 0.3) is 0 Å². The highest BCUT2D eigenvalue weighted by molar-refractivity contribution is 4.93. The molecule has 0 aromatic heterocycles. The van der Waals surface area contributed by atoms with Gasteiger partial charge in [0, 0.05) is 0 Å². The van der Waals surface area contributed by atoms with Crippen LogP contribution in [-0.4, -0.2) is 18.2 Å². The maximum absolute atomic E-state index is 6.33. The smallest absolute Gasteiger partial charge is 0.0687 e. The molecular formula is C14H27NO. The molecule has 2 atom stereocenters. The molecule has 1 saturated heterocycles. The maximum Gasteiger partial charge on any atom is 0.0687 e. The summed E-state index contributed by atoms with van der Waals surface area (Å²) in [5.41, 5.74) is 6.13. The average Bonchev–Trinajstić information content (AvgIpc) is 2.90. The van der Waals surface area contributed by atoms with Gasteiger partial charge in [-0.2, -0.15) is 0 Å². The van der Waals surface area contributed by atoms with E-state index in [-0.39, 0.29) is 0 Å². The zero-order valence-corrected chi connectivity index (χ0v) is 10.7. The zero-order chi connectivity index (χ0) is 11.4. The van der Waals surface area contributed by atoms with E-state index in [1.807, 2.05) is 0 Å². The lowest BCUT2D eigenvalue weighted by molar-refractivity contribution is -0.0441. The Balaban J connectivity index is 1.79. The van der Waals surface area contributed by atoms with Crippen LogP contribution in [0.3, 0.4) is 0 Å². The van der Waals surface area contributed by atoms with Gasteiger partial charge in [-0.25, -0.2) is 0 Å². The molecule has 2 nitrogen and oxygen atoms in total. The molecule has 0 radical (unpaired) electrons. The Morgan fingerprint density at radius 1 is 1.31 bits per heavy atom. The van der Waals surface area contributed by atoms with E-state index in [0.717, 1.165) is 6.54 Å². The first-order valence-electron chi connectivity index (χ1n) is 7.16. The summed E-state index contributed by atoms with van der Waals surface area (Å²) in [6.45, 7) is 3.08. The summed E-state index contributed by atoms with van der Waals surface area (Å²) in [5, 5.41) is 0. The third-order valence-electron chi connectivity index (χ3n) is 4.48. The molecule has 0 aromatic rings. The molecule has 1 aliphatic carbocycles. The molecule has 2 rings (SSSR count). The molecule has 94 valence electrons. The van der Waals surface area contributed by atoms with Crippen LogP contribution in [0.5, 0.6) is 0 Å². The van der Waals surface area contributed by atoms with Crippen LogP contribution in [0.4, 0.5) is 0 Å². The molecule has 1 spiro atoms. The Bertz CT molecular complexity index is 211. The highest BCUT2D eigenvalue weighted by atomic mass is 16.5. The van der Waals surface area contributed by atoms with Crippen molar-refractivity contribution in [2.75, 3.05) is 6.54 Å². The van der Waals surface area contributed by atoms with E-state index in [2.05, 4.69) is 6.92 Å². The lowest BCUT2D eigenvalue weighted by atomic mass is 9.94. The molecule has 0 bridgehead atoms. The second-order valence-electron chi connectivity index (χ2n) is 5.79. The van der Waals surface area contributed by atoms with Gasteiger partial charge in [-0.15, -0.1) is 0 Å². The number of nitrogens with two attached hydrogens (primary N) is 1. The molecule has 0 aromatic carbocycles. The number of hydrogen-bond donors (Lipinski definition) is 1. The Hall–Kier alpha value is -0.0800. The van der Waals surface area contributed by atoms with Gasteiger partial charge in [-0.05, 0) is 51.0 Å². The molecule has 1 saturated carbocycles. The van der Waals surface area contributed by atoms with Crippen molar-refractivity contribution >= 4 is 0 Å². The van der Waals surface area contributed by atoms with Gasteiger partial charge in [-0.1, -0.05) is 26.2 Å². The van der Waals surface area contributed by atoms with Gasteiger partial charge in [0.05, 0.1) is 11.7 Å². The summed E-state index contributed by atoms with van der Waals surface area (Å²) < 4.78 is 6.33. The predicted molar refractivity (Wildman–Crippen MR) is 67.4 cm³/mol. The lowest BCUT2D eigenvalue weighted by Crippen LogP contribution is -2.27. The monoisotopic (exact) mass is 225 g/mol. The molecule has 16 heavy (non-hydrogen) atoms. The third-order valence-corrected chi connectivity index (χ3v) is 4.48. The van der Waals surface area contributed by atoms with Crippen molar-refractivity contribution in [1.29, 1.82) is 0 Å². The first-order chi connectivity index (χ1) is 7.78. The Morgan fingerprint density at radius 2 is 2.06 bits per heavy atom.